The average molecular weight is 241 g/mol. The minimum atomic E-state index is -0.792. The molecule has 1 rings (SSSR count). The highest BCUT2D eigenvalue weighted by Gasteiger charge is 2.06. The first-order chi connectivity index (χ1) is 7.74. The van der Waals surface area contributed by atoms with Gasteiger partial charge in [-0.2, -0.15) is 0 Å². The van der Waals surface area contributed by atoms with E-state index in [0.29, 0.717) is 12.4 Å². The molecule has 4 nitrogen and oxygen atoms in total. The molecule has 0 atom stereocenters. The van der Waals surface area contributed by atoms with E-state index < -0.39 is 5.97 Å². The Balaban J connectivity index is 2.52. The van der Waals surface area contributed by atoms with Crippen LogP contribution in [0.4, 0.5) is 0 Å². The zero-order chi connectivity index (χ0) is 11.8. The number of nitrogens with zero attached hydrogens (tertiary/aromatic N) is 1. The van der Waals surface area contributed by atoms with Gasteiger partial charge in [-0.1, -0.05) is 6.92 Å². The molecule has 0 aliphatic heterocycles. The molecule has 0 bridgehead atoms. The van der Waals surface area contributed by atoms with Crippen molar-refractivity contribution in [3.05, 3.63) is 18.3 Å². The number of carbonyl (C=O) groups is 1. The highest BCUT2D eigenvalue weighted by molar-refractivity contribution is 7.99. The van der Waals surface area contributed by atoms with Gasteiger partial charge in [-0.15, -0.1) is 11.8 Å². The molecule has 1 aromatic heterocycles. The first-order valence-corrected chi connectivity index (χ1v) is 6.15. The molecule has 0 saturated carbocycles. The maximum Gasteiger partial charge on any atom is 0.304 e. The van der Waals surface area contributed by atoms with Crippen molar-refractivity contribution < 1.29 is 14.6 Å². The van der Waals surface area contributed by atoms with Gasteiger partial charge in [-0.25, -0.2) is 4.98 Å². The van der Waals surface area contributed by atoms with E-state index in [1.807, 2.05) is 19.1 Å². The van der Waals surface area contributed by atoms with Gasteiger partial charge in [0.15, 0.2) is 5.75 Å². The van der Waals surface area contributed by atoms with Crippen LogP contribution < -0.4 is 4.74 Å². The van der Waals surface area contributed by atoms with Crippen molar-refractivity contribution in [3.8, 4) is 5.75 Å². The highest BCUT2D eigenvalue weighted by Crippen LogP contribution is 2.27. The molecule has 0 unspecified atom stereocenters. The minimum Gasteiger partial charge on any atom is -0.491 e. The van der Waals surface area contributed by atoms with Crippen molar-refractivity contribution in [3.63, 3.8) is 0 Å². The Morgan fingerprint density at radius 1 is 1.62 bits per heavy atom. The second-order valence-corrected chi connectivity index (χ2v) is 4.23. The van der Waals surface area contributed by atoms with E-state index in [0.717, 1.165) is 17.2 Å². The van der Waals surface area contributed by atoms with Gasteiger partial charge >= 0.3 is 5.97 Å². The Kier molecular flexibility index (Phi) is 5.71. The summed E-state index contributed by atoms with van der Waals surface area (Å²) < 4.78 is 5.51. The standard InChI is InChI=1S/C11H15NO3S/c1-2-7-15-9-4-3-6-12-11(9)16-8-5-10(13)14/h3-4,6H,2,5,7-8H2,1H3,(H,13,14). The van der Waals surface area contributed by atoms with Crippen LogP contribution in [0.25, 0.3) is 0 Å². The largest absolute Gasteiger partial charge is 0.491 e. The Bertz CT molecular complexity index is 344. The van der Waals surface area contributed by atoms with E-state index >= 15 is 0 Å². The second-order valence-electron chi connectivity index (χ2n) is 3.15. The number of ether oxygens (including phenoxy) is 1. The molecule has 0 spiro atoms. The predicted molar refractivity (Wildman–Crippen MR) is 63.0 cm³/mol. The van der Waals surface area contributed by atoms with E-state index in [-0.39, 0.29) is 6.42 Å². The summed E-state index contributed by atoms with van der Waals surface area (Å²) in [4.78, 5) is 14.6. The Hall–Kier alpha value is -1.23. The first kappa shape index (κ1) is 12.8. The number of aromatic nitrogens is 1. The summed E-state index contributed by atoms with van der Waals surface area (Å²) in [5.41, 5.74) is 0. The van der Waals surface area contributed by atoms with Crippen molar-refractivity contribution in [2.45, 2.75) is 24.8 Å². The molecule has 5 heteroatoms. The fraction of sp³-hybridized carbons (Fsp3) is 0.455. The molecule has 0 fully saturated rings. The Morgan fingerprint density at radius 3 is 3.12 bits per heavy atom. The smallest absolute Gasteiger partial charge is 0.304 e. The molecule has 0 aromatic carbocycles. The molecule has 0 aliphatic carbocycles. The Labute approximate surface area is 99.0 Å². The fourth-order valence-corrected chi connectivity index (χ4v) is 1.92. The van der Waals surface area contributed by atoms with Crippen LogP contribution in [0.2, 0.25) is 0 Å². The lowest BCUT2D eigenvalue weighted by atomic mass is 10.4. The van der Waals surface area contributed by atoms with E-state index in [1.54, 1.807) is 6.20 Å². The molecule has 1 aromatic rings. The number of carboxylic acids is 1. The van der Waals surface area contributed by atoms with Crippen LogP contribution in [0.3, 0.4) is 0 Å². The van der Waals surface area contributed by atoms with Gasteiger partial charge in [0.1, 0.15) is 5.03 Å². The number of aliphatic carboxylic acids is 1. The van der Waals surface area contributed by atoms with E-state index in [1.165, 1.54) is 11.8 Å². The number of thioether (sulfide) groups is 1. The number of rotatable bonds is 7. The second kappa shape index (κ2) is 7.11. The lowest BCUT2D eigenvalue weighted by Crippen LogP contribution is -1.99. The molecule has 88 valence electrons. The van der Waals surface area contributed by atoms with E-state index in [4.69, 9.17) is 9.84 Å². The molecule has 16 heavy (non-hydrogen) atoms. The zero-order valence-corrected chi connectivity index (χ0v) is 10.00. The highest BCUT2D eigenvalue weighted by atomic mass is 32.2. The summed E-state index contributed by atoms with van der Waals surface area (Å²) in [6.07, 6.45) is 2.75. The topological polar surface area (TPSA) is 59.4 Å². The van der Waals surface area contributed by atoms with Crippen LogP contribution in [0, 0.1) is 0 Å². The normalized spacial score (nSPS) is 10.1. The van der Waals surface area contributed by atoms with Gasteiger partial charge in [0.05, 0.1) is 13.0 Å². The minimum absolute atomic E-state index is 0.133. The van der Waals surface area contributed by atoms with Crippen molar-refractivity contribution in [2.24, 2.45) is 0 Å². The van der Waals surface area contributed by atoms with Crippen molar-refractivity contribution in [1.82, 2.24) is 4.98 Å². The average Bonchev–Trinajstić information content (AvgIpc) is 2.27. The van der Waals surface area contributed by atoms with Crippen LogP contribution in [-0.2, 0) is 4.79 Å². The van der Waals surface area contributed by atoms with Crippen LogP contribution >= 0.6 is 11.8 Å². The third kappa shape index (κ3) is 4.53. The van der Waals surface area contributed by atoms with Gasteiger partial charge in [-0.3, -0.25) is 4.79 Å². The number of pyridine rings is 1. The summed E-state index contributed by atoms with van der Waals surface area (Å²) in [6, 6.07) is 3.66. The summed E-state index contributed by atoms with van der Waals surface area (Å²) in [5, 5.41) is 9.30. The van der Waals surface area contributed by atoms with E-state index in [9.17, 15) is 4.79 Å². The monoisotopic (exact) mass is 241 g/mol. The molecular weight excluding hydrogens is 226 g/mol. The van der Waals surface area contributed by atoms with E-state index in [2.05, 4.69) is 4.98 Å². The third-order valence-corrected chi connectivity index (χ3v) is 2.74. The zero-order valence-electron chi connectivity index (χ0n) is 9.18. The first-order valence-electron chi connectivity index (χ1n) is 5.16. The molecule has 1 N–H and O–H groups in total. The van der Waals surface area contributed by atoms with Crippen LogP contribution in [0.15, 0.2) is 23.4 Å². The number of hydrogen-bond acceptors (Lipinski definition) is 4. The molecule has 0 amide bonds. The lowest BCUT2D eigenvalue weighted by Gasteiger charge is -2.08. The number of hydrogen-bond donors (Lipinski definition) is 1. The summed E-state index contributed by atoms with van der Waals surface area (Å²) in [6.45, 7) is 2.69. The van der Waals surface area contributed by atoms with Crippen LogP contribution in [-0.4, -0.2) is 28.4 Å². The fourth-order valence-electron chi connectivity index (χ4n) is 1.04. The third-order valence-electron chi connectivity index (χ3n) is 1.75. The Morgan fingerprint density at radius 2 is 2.44 bits per heavy atom. The summed E-state index contributed by atoms with van der Waals surface area (Å²) in [7, 11) is 0. The molecular formula is C11H15NO3S. The predicted octanol–water partition coefficient (Wildman–Crippen LogP) is 2.44. The number of carboxylic acid groups (broad SMARTS) is 1. The molecule has 0 aliphatic rings. The summed E-state index contributed by atoms with van der Waals surface area (Å²) in [5.74, 6) is 0.452. The molecule has 1 heterocycles. The van der Waals surface area contributed by atoms with Crippen molar-refractivity contribution in [1.29, 1.82) is 0 Å². The van der Waals surface area contributed by atoms with Gasteiger partial charge in [0, 0.05) is 11.9 Å². The molecule has 0 saturated heterocycles. The van der Waals surface area contributed by atoms with Crippen LogP contribution in [0.5, 0.6) is 5.75 Å². The van der Waals surface area contributed by atoms with Gasteiger partial charge in [0.25, 0.3) is 0 Å². The maximum absolute atomic E-state index is 10.4. The van der Waals surface area contributed by atoms with Crippen molar-refractivity contribution >= 4 is 17.7 Å². The SMILES string of the molecule is CCCOc1cccnc1SCCC(=O)O. The summed E-state index contributed by atoms with van der Waals surface area (Å²) >= 11 is 1.41. The van der Waals surface area contributed by atoms with Crippen molar-refractivity contribution in [2.75, 3.05) is 12.4 Å². The van der Waals surface area contributed by atoms with Gasteiger partial charge in [0.2, 0.25) is 0 Å². The quantitative estimate of drug-likeness (QED) is 0.743. The van der Waals surface area contributed by atoms with Gasteiger partial charge in [-0.05, 0) is 18.6 Å². The van der Waals surface area contributed by atoms with Crippen LogP contribution in [0.1, 0.15) is 19.8 Å². The molecule has 0 radical (unpaired) electrons. The van der Waals surface area contributed by atoms with Gasteiger partial charge < -0.3 is 9.84 Å². The maximum atomic E-state index is 10.4. The lowest BCUT2D eigenvalue weighted by molar-refractivity contribution is -0.136.